The third-order valence-corrected chi connectivity index (χ3v) is 3.69. The van der Waals surface area contributed by atoms with Crippen LogP contribution >= 0.6 is 0 Å². The molecule has 1 saturated heterocycles. The summed E-state index contributed by atoms with van der Waals surface area (Å²) in [6.45, 7) is 0.626. The minimum atomic E-state index is -0.883. The van der Waals surface area contributed by atoms with Gasteiger partial charge in [-0.05, 0) is 18.6 Å². The fourth-order valence-electron chi connectivity index (χ4n) is 2.52. The molecule has 9 heteroatoms. The summed E-state index contributed by atoms with van der Waals surface area (Å²) in [5.74, 6) is -1.14. The van der Waals surface area contributed by atoms with Crippen LogP contribution in [0.1, 0.15) is 12.8 Å². The third kappa shape index (κ3) is 3.60. The molecule has 2 aromatic rings. The van der Waals surface area contributed by atoms with Crippen molar-refractivity contribution in [3.63, 3.8) is 0 Å². The van der Waals surface area contributed by atoms with E-state index in [4.69, 9.17) is 4.74 Å². The lowest BCUT2D eigenvalue weighted by Gasteiger charge is -2.19. The van der Waals surface area contributed by atoms with E-state index in [1.54, 1.807) is 23.1 Å². The Kier molecular flexibility index (Phi) is 4.64. The first-order valence-corrected chi connectivity index (χ1v) is 7.59. The number of hydrogen-bond acceptors (Lipinski definition) is 6. The van der Waals surface area contributed by atoms with E-state index in [0.29, 0.717) is 30.1 Å². The van der Waals surface area contributed by atoms with Crippen LogP contribution in [0, 0.1) is 0 Å². The van der Waals surface area contributed by atoms with Crippen molar-refractivity contribution in [2.45, 2.75) is 12.8 Å². The molecule has 25 heavy (non-hydrogen) atoms. The normalized spacial score (nSPS) is 13.6. The fraction of sp³-hybridized carbons (Fsp3) is 0.250. The lowest BCUT2D eigenvalue weighted by atomic mass is 10.2. The molecule has 1 aliphatic heterocycles. The first kappa shape index (κ1) is 16.5. The maximum absolute atomic E-state index is 11.9. The summed E-state index contributed by atoms with van der Waals surface area (Å²) in [6.07, 6.45) is 2.57. The summed E-state index contributed by atoms with van der Waals surface area (Å²) >= 11 is 0. The second-order valence-electron chi connectivity index (χ2n) is 5.33. The van der Waals surface area contributed by atoms with Crippen LogP contribution in [-0.2, 0) is 14.4 Å². The van der Waals surface area contributed by atoms with Gasteiger partial charge in [-0.2, -0.15) is 0 Å². The molecule has 0 atom stereocenters. The van der Waals surface area contributed by atoms with Gasteiger partial charge in [0.15, 0.2) is 5.82 Å². The lowest BCUT2D eigenvalue weighted by Crippen LogP contribution is -2.29. The summed E-state index contributed by atoms with van der Waals surface area (Å²) in [5.41, 5.74) is 1.00. The number of benzene rings is 1. The summed E-state index contributed by atoms with van der Waals surface area (Å²) < 4.78 is 9.88. The number of aromatic nitrogens is 1. The van der Waals surface area contributed by atoms with E-state index in [1.807, 2.05) is 0 Å². The Morgan fingerprint density at radius 3 is 2.68 bits per heavy atom. The minimum Gasteiger partial charge on any atom is -0.494 e. The quantitative estimate of drug-likeness (QED) is 0.810. The zero-order chi connectivity index (χ0) is 17.8. The van der Waals surface area contributed by atoms with E-state index in [9.17, 15) is 14.4 Å². The molecule has 9 nitrogen and oxygen atoms in total. The van der Waals surface area contributed by atoms with Crippen LogP contribution in [0.25, 0.3) is 0 Å². The Balaban J connectivity index is 1.71. The van der Waals surface area contributed by atoms with E-state index in [2.05, 4.69) is 20.3 Å². The predicted octanol–water partition coefficient (Wildman–Crippen LogP) is 1.39. The van der Waals surface area contributed by atoms with E-state index < -0.39 is 11.8 Å². The van der Waals surface area contributed by atoms with Gasteiger partial charge in [-0.15, -0.1) is 0 Å². The van der Waals surface area contributed by atoms with Crippen molar-refractivity contribution in [3.05, 3.63) is 30.5 Å². The average Bonchev–Trinajstić information content (AvgIpc) is 3.26. The molecule has 0 bridgehead atoms. The number of carbonyl (C=O) groups is 3. The Hall–Kier alpha value is -3.36. The van der Waals surface area contributed by atoms with E-state index in [1.165, 1.54) is 19.4 Å². The van der Waals surface area contributed by atoms with Crippen molar-refractivity contribution in [2.24, 2.45) is 0 Å². The van der Waals surface area contributed by atoms with Gasteiger partial charge in [-0.3, -0.25) is 19.7 Å². The topological polar surface area (TPSA) is 114 Å². The van der Waals surface area contributed by atoms with Gasteiger partial charge in [-0.25, -0.2) is 0 Å². The molecule has 0 unspecified atom stereocenters. The van der Waals surface area contributed by atoms with E-state index in [0.717, 1.165) is 6.42 Å². The van der Waals surface area contributed by atoms with Crippen molar-refractivity contribution in [1.82, 2.24) is 5.16 Å². The van der Waals surface area contributed by atoms with Gasteiger partial charge >= 0.3 is 11.8 Å². The van der Waals surface area contributed by atoms with Crippen LogP contribution in [0.2, 0.25) is 0 Å². The van der Waals surface area contributed by atoms with Gasteiger partial charge in [-0.1, -0.05) is 5.16 Å². The van der Waals surface area contributed by atoms with Crippen LogP contribution in [0.15, 0.2) is 35.1 Å². The van der Waals surface area contributed by atoms with Crippen molar-refractivity contribution in [2.75, 3.05) is 29.2 Å². The molecule has 1 aliphatic rings. The van der Waals surface area contributed by atoms with Crippen molar-refractivity contribution in [1.29, 1.82) is 0 Å². The van der Waals surface area contributed by atoms with Crippen LogP contribution in [0.5, 0.6) is 5.75 Å². The fourth-order valence-corrected chi connectivity index (χ4v) is 2.52. The smallest absolute Gasteiger partial charge is 0.315 e. The molecule has 2 N–H and O–H groups in total. The third-order valence-electron chi connectivity index (χ3n) is 3.69. The Morgan fingerprint density at radius 2 is 2.04 bits per heavy atom. The van der Waals surface area contributed by atoms with E-state index in [-0.39, 0.29) is 11.7 Å². The molecule has 1 fully saturated rings. The number of anilines is 3. The molecule has 0 radical (unpaired) electrons. The van der Waals surface area contributed by atoms with Gasteiger partial charge in [0.25, 0.3) is 0 Å². The molecule has 1 aromatic heterocycles. The van der Waals surface area contributed by atoms with Crippen molar-refractivity contribution < 1.29 is 23.6 Å². The number of rotatable bonds is 4. The highest BCUT2D eigenvalue weighted by Crippen LogP contribution is 2.33. The number of carbonyl (C=O) groups excluding carboxylic acids is 3. The largest absolute Gasteiger partial charge is 0.494 e. The molecule has 3 amide bonds. The SMILES string of the molecule is COc1cc(NC(=O)C(=O)Nc2ccon2)ccc1N1CCCC1=O. The molecule has 0 aliphatic carbocycles. The molecule has 3 rings (SSSR count). The summed E-state index contributed by atoms with van der Waals surface area (Å²) in [5, 5.41) is 8.25. The lowest BCUT2D eigenvalue weighted by molar-refractivity contribution is -0.133. The average molecular weight is 344 g/mol. The molecule has 1 aromatic carbocycles. The summed E-state index contributed by atoms with van der Waals surface area (Å²) in [4.78, 5) is 37.3. The standard InChI is InChI=1S/C16H16N4O5/c1-24-12-9-10(4-5-11(12)20-7-2-3-14(20)21)17-15(22)16(23)18-13-6-8-25-19-13/h4-6,8-9H,2-3,7H2,1H3,(H,17,22)(H,18,19,23). The van der Waals surface area contributed by atoms with Crippen molar-refractivity contribution >= 4 is 34.9 Å². The van der Waals surface area contributed by atoms with Gasteiger partial charge in [0, 0.05) is 30.8 Å². The maximum Gasteiger partial charge on any atom is 0.315 e. The van der Waals surface area contributed by atoms with Gasteiger partial charge in [0.1, 0.15) is 12.0 Å². The monoisotopic (exact) mass is 344 g/mol. The van der Waals surface area contributed by atoms with Crippen LogP contribution in [0.4, 0.5) is 17.2 Å². The van der Waals surface area contributed by atoms with Gasteiger partial charge < -0.3 is 19.5 Å². The predicted molar refractivity (Wildman–Crippen MR) is 88.3 cm³/mol. The van der Waals surface area contributed by atoms with Gasteiger partial charge in [0.2, 0.25) is 5.91 Å². The first-order valence-electron chi connectivity index (χ1n) is 7.59. The highest BCUT2D eigenvalue weighted by molar-refractivity contribution is 6.43. The molecular weight excluding hydrogens is 328 g/mol. The molecule has 2 heterocycles. The molecule has 0 saturated carbocycles. The van der Waals surface area contributed by atoms with Crippen molar-refractivity contribution in [3.8, 4) is 5.75 Å². The Labute approximate surface area is 142 Å². The highest BCUT2D eigenvalue weighted by Gasteiger charge is 2.25. The summed E-state index contributed by atoms with van der Waals surface area (Å²) in [6, 6.07) is 6.25. The number of nitrogens with zero attached hydrogens (tertiary/aromatic N) is 2. The second kappa shape index (κ2) is 7.04. The van der Waals surface area contributed by atoms with Crippen LogP contribution in [0.3, 0.4) is 0 Å². The number of ether oxygens (including phenoxy) is 1. The zero-order valence-electron chi connectivity index (χ0n) is 13.4. The second-order valence-corrected chi connectivity index (χ2v) is 5.33. The number of methoxy groups -OCH3 is 1. The number of hydrogen-bond donors (Lipinski definition) is 2. The highest BCUT2D eigenvalue weighted by atomic mass is 16.5. The van der Waals surface area contributed by atoms with Gasteiger partial charge in [0.05, 0.1) is 12.8 Å². The van der Waals surface area contributed by atoms with Crippen LogP contribution in [-0.4, -0.2) is 36.5 Å². The van der Waals surface area contributed by atoms with E-state index >= 15 is 0 Å². The maximum atomic E-state index is 11.9. The Morgan fingerprint density at radius 1 is 1.24 bits per heavy atom. The Bertz CT molecular complexity index is 803. The number of nitrogens with one attached hydrogen (secondary N) is 2. The van der Waals surface area contributed by atoms with Crippen LogP contribution < -0.4 is 20.3 Å². The molecular formula is C16H16N4O5. The molecule has 0 spiro atoms. The zero-order valence-corrected chi connectivity index (χ0v) is 13.4. The first-order chi connectivity index (χ1) is 12.1. The number of amides is 3. The minimum absolute atomic E-state index is 0.0297. The molecule has 130 valence electrons. The summed E-state index contributed by atoms with van der Waals surface area (Å²) in [7, 11) is 1.47.